The number of nitrogens with one attached hydrogen (secondary N) is 1. The van der Waals surface area contributed by atoms with Crippen molar-refractivity contribution in [1.82, 2.24) is 20.0 Å². The maximum Gasteiger partial charge on any atom is 0.410 e. The summed E-state index contributed by atoms with van der Waals surface area (Å²) in [6, 6.07) is 19.0. The van der Waals surface area contributed by atoms with Crippen LogP contribution >= 0.6 is 0 Å². The average Bonchev–Trinajstić information content (AvgIpc) is 3.76. The number of carbonyl (C=O) groups excluding carboxylic acids is 2. The lowest BCUT2D eigenvalue weighted by molar-refractivity contribution is 0.0122. The van der Waals surface area contributed by atoms with Crippen LogP contribution in [0.4, 0.5) is 9.59 Å². The third kappa shape index (κ3) is 7.82. The van der Waals surface area contributed by atoms with Gasteiger partial charge >= 0.3 is 12.2 Å². The van der Waals surface area contributed by atoms with Crippen LogP contribution in [0.5, 0.6) is 0 Å². The Balaban J connectivity index is 1.20. The summed E-state index contributed by atoms with van der Waals surface area (Å²) in [5.74, 6) is 3.06. The molecule has 2 fully saturated rings. The molecule has 0 saturated carbocycles. The number of hydrogen-bond donors (Lipinski definition) is 1. The molecule has 8 heteroatoms. The summed E-state index contributed by atoms with van der Waals surface area (Å²) in [6.45, 7) is 12.1. The van der Waals surface area contributed by atoms with Gasteiger partial charge in [0.1, 0.15) is 11.2 Å². The highest BCUT2D eigenvalue weighted by Crippen LogP contribution is 2.32. The number of amides is 2. The predicted molar refractivity (Wildman–Crippen MR) is 172 cm³/mol. The summed E-state index contributed by atoms with van der Waals surface area (Å²) in [4.78, 5) is 28.7. The smallest absolute Gasteiger partial charge is 0.410 e. The summed E-state index contributed by atoms with van der Waals surface area (Å²) in [7, 11) is 0. The van der Waals surface area contributed by atoms with E-state index >= 15 is 0 Å². The van der Waals surface area contributed by atoms with E-state index in [1.54, 1.807) is 9.80 Å². The van der Waals surface area contributed by atoms with Crippen LogP contribution in [0.1, 0.15) is 71.1 Å². The fraction of sp³-hybridized carbons (Fsp3) is 0.472. The number of aromatic nitrogens is 2. The summed E-state index contributed by atoms with van der Waals surface area (Å²) in [6.07, 6.45) is 8.17. The van der Waals surface area contributed by atoms with Crippen LogP contribution in [0.15, 0.2) is 54.6 Å². The van der Waals surface area contributed by atoms with Gasteiger partial charge in [0, 0.05) is 49.3 Å². The Morgan fingerprint density at radius 1 is 0.909 bits per heavy atom. The maximum absolute atomic E-state index is 12.7. The summed E-state index contributed by atoms with van der Waals surface area (Å²) in [5.41, 5.74) is 5.24. The van der Waals surface area contributed by atoms with E-state index in [0.29, 0.717) is 32.6 Å². The van der Waals surface area contributed by atoms with Crippen LogP contribution in [0.2, 0.25) is 0 Å². The molecule has 2 amide bonds. The van der Waals surface area contributed by atoms with Gasteiger partial charge in [-0.15, -0.1) is 12.3 Å². The lowest BCUT2D eigenvalue weighted by atomic mass is 9.95. The standard InChI is InChI=1S/C36H44N4O4/c1-7-25-15-18-39(23-25)34(42)44-36(5,6)17-14-26-10-8-11-27(20-26)28-12-9-13-29(21-28)31-22-32(38-37-31)30-16-19-40(24-30)33(41)43-35(2,3)4/h1,8-13,20-22,25,30H,14-19,23-24H2,2-6H3,(H,37,38). The van der Waals surface area contributed by atoms with Gasteiger partial charge in [-0.05, 0) is 89.1 Å². The van der Waals surface area contributed by atoms with Crippen LogP contribution in [0.3, 0.4) is 0 Å². The number of aromatic amines is 1. The SMILES string of the molecule is C#CC1CCN(C(=O)OC(C)(C)CCc2cccc(-c3cccc(-c4cc(C5CCN(C(=O)OC(C)(C)C)C5)[nH]n4)c3)c2)C1. The molecule has 0 bridgehead atoms. The van der Waals surface area contributed by atoms with Crippen molar-refractivity contribution in [2.45, 2.75) is 77.4 Å². The van der Waals surface area contributed by atoms with Gasteiger partial charge in [0.15, 0.2) is 0 Å². The fourth-order valence-corrected chi connectivity index (χ4v) is 5.82. The van der Waals surface area contributed by atoms with Crippen LogP contribution in [-0.2, 0) is 15.9 Å². The van der Waals surface area contributed by atoms with Crippen LogP contribution < -0.4 is 0 Å². The Bertz CT molecular complexity index is 1530. The van der Waals surface area contributed by atoms with E-state index in [1.807, 2.05) is 34.6 Å². The van der Waals surface area contributed by atoms with E-state index in [9.17, 15) is 9.59 Å². The molecule has 3 heterocycles. The van der Waals surface area contributed by atoms with Crippen molar-refractivity contribution in [2.75, 3.05) is 26.2 Å². The zero-order valence-corrected chi connectivity index (χ0v) is 26.6. The van der Waals surface area contributed by atoms with Crippen molar-refractivity contribution in [3.63, 3.8) is 0 Å². The number of H-pyrrole nitrogens is 1. The van der Waals surface area contributed by atoms with E-state index < -0.39 is 11.2 Å². The number of likely N-dealkylation sites (tertiary alicyclic amines) is 2. The molecular weight excluding hydrogens is 552 g/mol. The summed E-state index contributed by atoms with van der Waals surface area (Å²) in [5, 5.41) is 7.83. The van der Waals surface area contributed by atoms with E-state index in [1.165, 1.54) is 5.56 Å². The highest BCUT2D eigenvalue weighted by atomic mass is 16.6. The molecule has 3 aromatic rings. The van der Waals surface area contributed by atoms with Crippen molar-refractivity contribution in [2.24, 2.45) is 5.92 Å². The Morgan fingerprint density at radius 3 is 2.30 bits per heavy atom. The normalized spacial score (nSPS) is 18.7. The average molecular weight is 597 g/mol. The second kappa shape index (κ2) is 12.8. The third-order valence-corrected chi connectivity index (χ3v) is 8.36. The second-order valence-corrected chi connectivity index (χ2v) is 13.6. The Labute approximate surface area is 261 Å². The molecule has 2 saturated heterocycles. The Kier molecular flexibility index (Phi) is 9.05. The molecule has 2 aliphatic rings. The number of carbonyl (C=O) groups is 2. The van der Waals surface area contributed by atoms with E-state index in [0.717, 1.165) is 47.3 Å². The monoisotopic (exact) mass is 596 g/mol. The molecule has 232 valence electrons. The van der Waals surface area contributed by atoms with Gasteiger partial charge in [-0.3, -0.25) is 5.10 Å². The number of rotatable bonds is 7. The molecular formula is C36H44N4O4. The topological polar surface area (TPSA) is 87.8 Å². The molecule has 2 unspecified atom stereocenters. The van der Waals surface area contributed by atoms with Crippen molar-refractivity contribution in [3.8, 4) is 34.7 Å². The molecule has 2 aromatic carbocycles. The molecule has 0 spiro atoms. The minimum atomic E-state index is -0.595. The van der Waals surface area contributed by atoms with Crippen LogP contribution in [-0.4, -0.2) is 69.6 Å². The molecule has 1 N–H and O–H groups in total. The lowest BCUT2D eigenvalue weighted by Gasteiger charge is -2.28. The maximum atomic E-state index is 12.7. The number of terminal acetylenes is 1. The molecule has 0 radical (unpaired) electrons. The van der Waals surface area contributed by atoms with Gasteiger partial charge in [0.25, 0.3) is 0 Å². The lowest BCUT2D eigenvalue weighted by Crippen LogP contribution is -2.37. The molecule has 0 aliphatic carbocycles. The number of aryl methyl sites for hydroxylation is 1. The Morgan fingerprint density at radius 2 is 1.57 bits per heavy atom. The van der Waals surface area contributed by atoms with Gasteiger partial charge in [-0.25, -0.2) is 9.59 Å². The number of nitrogens with zero attached hydrogens (tertiary/aromatic N) is 3. The highest BCUT2D eigenvalue weighted by Gasteiger charge is 2.32. The quantitative estimate of drug-likeness (QED) is 0.290. The molecule has 2 atom stereocenters. The fourth-order valence-electron chi connectivity index (χ4n) is 5.82. The van der Waals surface area contributed by atoms with Gasteiger partial charge in [0.2, 0.25) is 0 Å². The first-order valence-electron chi connectivity index (χ1n) is 15.6. The van der Waals surface area contributed by atoms with Crippen molar-refractivity contribution in [1.29, 1.82) is 0 Å². The van der Waals surface area contributed by atoms with Crippen molar-refractivity contribution >= 4 is 12.2 Å². The zero-order valence-electron chi connectivity index (χ0n) is 26.6. The zero-order chi connectivity index (χ0) is 31.5. The van der Waals surface area contributed by atoms with Crippen molar-refractivity contribution < 1.29 is 19.1 Å². The highest BCUT2D eigenvalue weighted by molar-refractivity contribution is 5.72. The largest absolute Gasteiger partial charge is 0.444 e. The number of ether oxygens (including phenoxy) is 2. The van der Waals surface area contributed by atoms with Gasteiger partial charge in [0.05, 0.1) is 5.69 Å². The third-order valence-electron chi connectivity index (χ3n) is 8.36. The summed E-state index contributed by atoms with van der Waals surface area (Å²) >= 11 is 0. The molecule has 5 rings (SSSR count). The minimum absolute atomic E-state index is 0.117. The van der Waals surface area contributed by atoms with Gasteiger partial charge < -0.3 is 19.3 Å². The molecule has 8 nitrogen and oxygen atoms in total. The number of benzene rings is 2. The minimum Gasteiger partial charge on any atom is -0.444 e. The van der Waals surface area contributed by atoms with Gasteiger partial charge in [-0.2, -0.15) is 5.10 Å². The molecule has 44 heavy (non-hydrogen) atoms. The first kappa shape index (κ1) is 31.2. The second-order valence-electron chi connectivity index (χ2n) is 13.6. The van der Waals surface area contributed by atoms with Gasteiger partial charge in [-0.1, -0.05) is 42.5 Å². The van der Waals surface area contributed by atoms with Crippen molar-refractivity contribution in [3.05, 3.63) is 65.9 Å². The first-order valence-corrected chi connectivity index (χ1v) is 15.6. The van der Waals surface area contributed by atoms with E-state index in [4.69, 9.17) is 15.9 Å². The summed E-state index contributed by atoms with van der Waals surface area (Å²) < 4.78 is 11.4. The number of hydrogen-bond acceptors (Lipinski definition) is 5. The Hall–Kier alpha value is -4.25. The molecule has 2 aliphatic heterocycles. The van der Waals surface area contributed by atoms with E-state index in [2.05, 4.69) is 70.7 Å². The molecule has 1 aromatic heterocycles. The van der Waals surface area contributed by atoms with E-state index in [-0.39, 0.29) is 24.0 Å². The van der Waals surface area contributed by atoms with Crippen LogP contribution in [0, 0.1) is 18.3 Å². The predicted octanol–water partition coefficient (Wildman–Crippen LogP) is 7.27. The first-order chi connectivity index (χ1) is 20.9. The van der Waals surface area contributed by atoms with Crippen LogP contribution in [0.25, 0.3) is 22.4 Å².